The van der Waals surface area contributed by atoms with Gasteiger partial charge in [-0.2, -0.15) is 0 Å². The second kappa shape index (κ2) is 11.2. The van der Waals surface area contributed by atoms with Crippen LogP contribution in [0.2, 0.25) is 0 Å². The van der Waals surface area contributed by atoms with Gasteiger partial charge < -0.3 is 18.9 Å². The molecular formula is C28H30O14. The Bertz CT molecular complexity index is 1370. The van der Waals surface area contributed by atoms with Gasteiger partial charge in [-0.15, -0.1) is 0 Å². The van der Waals surface area contributed by atoms with Gasteiger partial charge in [-0.25, -0.2) is 0 Å². The second-order valence-corrected chi connectivity index (χ2v) is 10.6. The van der Waals surface area contributed by atoms with Gasteiger partial charge in [0.15, 0.2) is 35.3 Å². The summed E-state index contributed by atoms with van der Waals surface area (Å²) in [5.74, 6) is -15.2. The highest BCUT2D eigenvalue weighted by atomic mass is 16.6. The van der Waals surface area contributed by atoms with Crippen molar-refractivity contribution in [3.63, 3.8) is 0 Å². The Kier molecular flexibility index (Phi) is 8.64. The fourth-order valence-electron chi connectivity index (χ4n) is 6.64. The van der Waals surface area contributed by atoms with Crippen molar-refractivity contribution >= 4 is 58.4 Å². The molecule has 4 unspecified atom stereocenters. The van der Waals surface area contributed by atoms with E-state index in [-0.39, 0.29) is 0 Å². The lowest BCUT2D eigenvalue weighted by Gasteiger charge is -2.45. The molecule has 0 bridgehead atoms. The Morgan fingerprint density at radius 1 is 0.762 bits per heavy atom. The lowest BCUT2D eigenvalue weighted by molar-refractivity contribution is -0.183. The average Bonchev–Trinajstić information content (AvgIpc) is 3.40. The Hall–Kier alpha value is -4.20. The predicted octanol–water partition coefficient (Wildman–Crippen LogP) is -0.598. The number of carbonyl (C=O) groups is 10. The van der Waals surface area contributed by atoms with Crippen LogP contribution in [-0.2, 0) is 66.9 Å². The molecule has 14 nitrogen and oxygen atoms in total. The quantitative estimate of drug-likeness (QED) is 0.187. The molecule has 226 valence electrons. The minimum absolute atomic E-state index is 0.474. The summed E-state index contributed by atoms with van der Waals surface area (Å²) in [6, 6.07) is 0. The molecule has 42 heavy (non-hydrogen) atoms. The Balaban J connectivity index is 2.48. The number of hydrogen-bond donors (Lipinski definition) is 0. The summed E-state index contributed by atoms with van der Waals surface area (Å²) in [6.07, 6.45) is -6.51. The monoisotopic (exact) mass is 590 g/mol. The van der Waals surface area contributed by atoms with Gasteiger partial charge in [0.2, 0.25) is 0 Å². The van der Waals surface area contributed by atoms with Crippen molar-refractivity contribution in [3.8, 4) is 0 Å². The molecule has 1 saturated heterocycles. The molecule has 1 aliphatic heterocycles. The summed E-state index contributed by atoms with van der Waals surface area (Å²) >= 11 is 0. The fraction of sp³-hybridized carbons (Fsp3) is 0.571. The number of rotatable bonds is 9. The normalized spacial score (nSPS) is 33.8. The molecule has 2 aliphatic carbocycles. The van der Waals surface area contributed by atoms with Crippen LogP contribution in [0.5, 0.6) is 0 Å². The third-order valence-electron chi connectivity index (χ3n) is 7.91. The Morgan fingerprint density at radius 3 is 1.74 bits per heavy atom. The Labute approximate surface area is 239 Å². The number of esters is 3. The number of carbonyl (C=O) groups excluding carboxylic acids is 10. The van der Waals surface area contributed by atoms with Crippen molar-refractivity contribution in [1.29, 1.82) is 0 Å². The highest BCUT2D eigenvalue weighted by molar-refractivity contribution is 6.41. The maximum absolute atomic E-state index is 14.3. The molecule has 0 amide bonds. The van der Waals surface area contributed by atoms with Crippen LogP contribution in [0.3, 0.4) is 0 Å². The van der Waals surface area contributed by atoms with Gasteiger partial charge in [-0.3, -0.25) is 47.9 Å². The minimum atomic E-state index is -3.04. The first-order valence-corrected chi connectivity index (χ1v) is 12.9. The van der Waals surface area contributed by atoms with Crippen LogP contribution in [0.25, 0.3) is 0 Å². The highest BCUT2D eigenvalue weighted by Gasteiger charge is 2.85. The summed E-state index contributed by atoms with van der Waals surface area (Å²) in [4.78, 5) is 131. The van der Waals surface area contributed by atoms with Crippen molar-refractivity contribution in [3.05, 3.63) is 11.6 Å². The largest absolute Gasteiger partial charge is 0.463 e. The van der Waals surface area contributed by atoms with Crippen molar-refractivity contribution in [2.75, 3.05) is 6.61 Å². The molecule has 1 saturated carbocycles. The number of allylic oxidation sites excluding steroid dienone is 2. The number of hydrogen-bond acceptors (Lipinski definition) is 14. The average molecular weight is 591 g/mol. The van der Waals surface area contributed by atoms with Crippen molar-refractivity contribution in [2.45, 2.75) is 72.9 Å². The summed E-state index contributed by atoms with van der Waals surface area (Å²) < 4.78 is 21.7. The molecule has 1 heterocycles. The zero-order valence-corrected chi connectivity index (χ0v) is 24.0. The second-order valence-electron chi connectivity index (χ2n) is 10.6. The maximum atomic E-state index is 14.3. The highest BCUT2D eigenvalue weighted by Crippen LogP contribution is 2.64. The van der Waals surface area contributed by atoms with Gasteiger partial charge in [-0.05, 0) is 33.8 Å². The van der Waals surface area contributed by atoms with Crippen molar-refractivity contribution in [1.82, 2.24) is 0 Å². The molecule has 0 aromatic rings. The van der Waals surface area contributed by atoms with E-state index in [1.807, 2.05) is 0 Å². The standard InChI is InChI=1S/C28H30O14/c1-10(29)17-8-19(36)28(21(17)12(3)31)25(38)20(11(2)30)24(37)27(28,13(4)32)26-23(41-16(7)35)22(40-15(6)34)18(42-26)9-39-14(5)33/h8,18,20-23,26H,9H2,1-7H3/t18-,20?,21?,22-,23-,26-,27?,28?/m1/s1. The van der Waals surface area contributed by atoms with E-state index in [0.717, 1.165) is 48.5 Å². The fourth-order valence-corrected chi connectivity index (χ4v) is 6.64. The molecule has 8 atom stereocenters. The van der Waals surface area contributed by atoms with Gasteiger partial charge in [0.05, 0.1) is 5.92 Å². The van der Waals surface area contributed by atoms with Crippen LogP contribution in [0.15, 0.2) is 11.6 Å². The Morgan fingerprint density at radius 2 is 1.31 bits per heavy atom. The van der Waals surface area contributed by atoms with E-state index < -0.39 is 118 Å². The summed E-state index contributed by atoms with van der Waals surface area (Å²) in [5, 5.41) is 0. The minimum Gasteiger partial charge on any atom is -0.463 e. The summed E-state index contributed by atoms with van der Waals surface area (Å²) in [7, 11) is 0. The van der Waals surface area contributed by atoms with Crippen LogP contribution in [0, 0.1) is 22.7 Å². The molecule has 2 fully saturated rings. The first-order chi connectivity index (χ1) is 19.4. The lowest BCUT2D eigenvalue weighted by Crippen LogP contribution is -2.65. The van der Waals surface area contributed by atoms with Crippen molar-refractivity contribution < 1.29 is 66.9 Å². The van der Waals surface area contributed by atoms with Gasteiger partial charge in [0.25, 0.3) is 0 Å². The van der Waals surface area contributed by atoms with Gasteiger partial charge in [-0.1, -0.05) is 0 Å². The maximum Gasteiger partial charge on any atom is 0.303 e. The van der Waals surface area contributed by atoms with E-state index in [1.54, 1.807) is 0 Å². The molecule has 3 rings (SSSR count). The summed E-state index contributed by atoms with van der Waals surface area (Å²) in [5.41, 5.74) is -6.50. The number of ketones is 7. The first-order valence-electron chi connectivity index (χ1n) is 12.9. The van der Waals surface area contributed by atoms with Gasteiger partial charge >= 0.3 is 17.9 Å². The third kappa shape index (κ3) is 4.53. The topological polar surface area (TPSA) is 208 Å². The van der Waals surface area contributed by atoms with E-state index in [4.69, 9.17) is 18.9 Å². The van der Waals surface area contributed by atoms with E-state index in [9.17, 15) is 47.9 Å². The first kappa shape index (κ1) is 32.3. The zero-order valence-electron chi connectivity index (χ0n) is 24.0. The molecule has 0 aromatic carbocycles. The third-order valence-corrected chi connectivity index (χ3v) is 7.91. The van der Waals surface area contributed by atoms with Crippen LogP contribution < -0.4 is 0 Å². The number of ether oxygens (including phenoxy) is 4. The summed E-state index contributed by atoms with van der Waals surface area (Å²) in [6.45, 7) is 5.93. The lowest BCUT2D eigenvalue weighted by atomic mass is 9.52. The van der Waals surface area contributed by atoms with E-state index in [0.29, 0.717) is 6.08 Å². The van der Waals surface area contributed by atoms with Gasteiger partial charge in [0.1, 0.15) is 52.9 Å². The molecular weight excluding hydrogens is 560 g/mol. The van der Waals surface area contributed by atoms with Crippen LogP contribution in [0.4, 0.5) is 0 Å². The zero-order chi connectivity index (χ0) is 32.1. The molecule has 0 radical (unpaired) electrons. The van der Waals surface area contributed by atoms with E-state index in [1.165, 1.54) is 0 Å². The molecule has 0 aromatic heterocycles. The van der Waals surface area contributed by atoms with Gasteiger partial charge in [0, 0.05) is 26.3 Å². The van der Waals surface area contributed by atoms with E-state index >= 15 is 0 Å². The molecule has 1 spiro atoms. The molecule has 14 heteroatoms. The molecule has 3 aliphatic rings. The van der Waals surface area contributed by atoms with Crippen LogP contribution in [0.1, 0.15) is 48.5 Å². The van der Waals surface area contributed by atoms with Crippen LogP contribution in [-0.4, -0.2) is 89.4 Å². The van der Waals surface area contributed by atoms with Crippen LogP contribution >= 0.6 is 0 Å². The predicted molar refractivity (Wildman–Crippen MR) is 134 cm³/mol. The smallest absolute Gasteiger partial charge is 0.303 e. The van der Waals surface area contributed by atoms with Crippen molar-refractivity contribution in [2.24, 2.45) is 22.7 Å². The van der Waals surface area contributed by atoms with E-state index in [2.05, 4.69) is 0 Å². The SMILES string of the molecule is CC(=O)OC[C@H]1O[C@@H](C2(C(C)=O)C(=O)C(C(C)=O)C(=O)C23C(=O)C=C(C(C)=O)C3C(C)=O)[C@H](OC(C)=O)[C@@H]1OC(C)=O. The number of Topliss-reactive ketones (excluding diaryl/α,β-unsaturated/α-hetero) is 6. The molecule has 0 N–H and O–H groups in total.